The van der Waals surface area contributed by atoms with E-state index >= 15 is 0 Å². The van der Waals surface area contributed by atoms with Gasteiger partial charge >= 0.3 is 0 Å². The van der Waals surface area contributed by atoms with Gasteiger partial charge in [-0.3, -0.25) is 4.79 Å². The van der Waals surface area contributed by atoms with Crippen LogP contribution in [0.2, 0.25) is 0 Å². The number of hydrogen-bond donors (Lipinski definition) is 1. The van der Waals surface area contributed by atoms with Gasteiger partial charge in [0.1, 0.15) is 5.69 Å². The highest BCUT2D eigenvalue weighted by atomic mass is 79.9. The molecule has 0 spiro atoms. The fourth-order valence-corrected chi connectivity index (χ4v) is 3.79. The third-order valence-electron chi connectivity index (χ3n) is 5.03. The van der Waals surface area contributed by atoms with Crippen LogP contribution in [0.15, 0.2) is 61.8 Å². The fourth-order valence-electron chi connectivity index (χ4n) is 3.43. The van der Waals surface area contributed by atoms with Crippen LogP contribution < -0.4 is 5.32 Å². The predicted octanol–water partition coefficient (Wildman–Crippen LogP) is 4.84. The predicted molar refractivity (Wildman–Crippen MR) is 123 cm³/mol. The number of anilines is 1. The first kappa shape index (κ1) is 21.9. The third-order valence-corrected chi connectivity index (χ3v) is 5.51. The zero-order valence-electron chi connectivity index (χ0n) is 16.7. The summed E-state index contributed by atoms with van der Waals surface area (Å²) in [6.45, 7) is 8.90. The van der Waals surface area contributed by atoms with Crippen molar-refractivity contribution in [3.63, 3.8) is 0 Å². The van der Waals surface area contributed by atoms with E-state index in [4.69, 9.17) is 0 Å². The molecule has 1 aromatic heterocycles. The maximum absolute atomic E-state index is 14.5. The van der Waals surface area contributed by atoms with E-state index in [0.29, 0.717) is 29.9 Å². The largest absolute Gasteiger partial charge is 0.351 e. The van der Waals surface area contributed by atoms with E-state index in [1.165, 1.54) is 6.20 Å². The molecule has 0 saturated carbocycles. The number of nitrogens with zero attached hydrogens (tertiary/aromatic N) is 3. The van der Waals surface area contributed by atoms with Crippen LogP contribution in [0, 0.1) is 5.82 Å². The lowest BCUT2D eigenvalue weighted by atomic mass is 10.0. The first-order valence-electron chi connectivity index (χ1n) is 9.74. The lowest BCUT2D eigenvalue weighted by Gasteiger charge is -2.32. The first-order valence-corrected chi connectivity index (χ1v) is 10.9. The maximum atomic E-state index is 14.5. The molecule has 30 heavy (non-hydrogen) atoms. The van der Waals surface area contributed by atoms with E-state index in [1.807, 2.05) is 35.2 Å². The lowest BCUT2D eigenvalue weighted by molar-refractivity contribution is -0.129. The second-order valence-electron chi connectivity index (χ2n) is 6.97. The Balaban J connectivity index is 1.78. The molecule has 5 nitrogen and oxygen atoms in total. The van der Waals surface area contributed by atoms with Crippen LogP contribution in [0.3, 0.4) is 0 Å². The number of amides is 1. The van der Waals surface area contributed by atoms with Gasteiger partial charge in [-0.2, -0.15) is 0 Å². The first-order chi connectivity index (χ1) is 14.5. The highest BCUT2D eigenvalue weighted by Gasteiger charge is 2.23. The second kappa shape index (κ2) is 10.3. The molecule has 1 fully saturated rings. The van der Waals surface area contributed by atoms with Crippen molar-refractivity contribution in [1.82, 2.24) is 14.9 Å². The van der Waals surface area contributed by atoms with E-state index in [0.717, 1.165) is 24.0 Å². The van der Waals surface area contributed by atoms with Gasteiger partial charge in [-0.05, 0) is 30.0 Å². The van der Waals surface area contributed by atoms with Gasteiger partial charge < -0.3 is 10.2 Å². The minimum Gasteiger partial charge on any atom is -0.351 e. The molecule has 156 valence electrons. The summed E-state index contributed by atoms with van der Waals surface area (Å²) in [5.74, 6) is -0.00557. The molecule has 1 saturated heterocycles. The highest BCUT2D eigenvalue weighted by Crippen LogP contribution is 2.26. The van der Waals surface area contributed by atoms with Crippen molar-refractivity contribution in [2.75, 3.05) is 23.7 Å². The minimum atomic E-state index is -0.483. The number of carbonyl (C=O) groups excluding carboxylic acids is 1. The standard InChI is InChI=1S/C23H24BrFN4O/c1-3-6-16(4-2)17-7-5-8-18(13-17)22-20(25)15-26-23(28-22)27-19-9-11-29(12-10-19)21(30)14-24/h3-8,13,15,19H,1-2,9-12,14H2,(H,26,27,28)/b16-6+. The van der Waals surface area contributed by atoms with E-state index in [-0.39, 0.29) is 17.6 Å². The second-order valence-corrected chi connectivity index (χ2v) is 7.53. The van der Waals surface area contributed by atoms with Gasteiger partial charge in [0.2, 0.25) is 11.9 Å². The molecule has 1 aliphatic heterocycles. The molecule has 0 radical (unpaired) electrons. The number of piperidine rings is 1. The van der Waals surface area contributed by atoms with Gasteiger partial charge in [-0.1, -0.05) is 65.5 Å². The summed E-state index contributed by atoms with van der Waals surface area (Å²) in [4.78, 5) is 22.2. The van der Waals surface area contributed by atoms with Crippen molar-refractivity contribution < 1.29 is 9.18 Å². The van der Waals surface area contributed by atoms with Gasteiger partial charge in [0, 0.05) is 24.7 Å². The summed E-state index contributed by atoms with van der Waals surface area (Å²) in [5.41, 5.74) is 2.69. The Morgan fingerprint density at radius 2 is 2.10 bits per heavy atom. The van der Waals surface area contributed by atoms with E-state index in [9.17, 15) is 9.18 Å². The number of aromatic nitrogens is 2. The Morgan fingerprint density at radius 3 is 2.77 bits per heavy atom. The van der Waals surface area contributed by atoms with Crippen molar-refractivity contribution >= 4 is 33.4 Å². The van der Waals surface area contributed by atoms with Gasteiger partial charge in [-0.15, -0.1) is 0 Å². The number of allylic oxidation sites excluding steroid dienone is 4. The zero-order valence-corrected chi connectivity index (χ0v) is 18.2. The van der Waals surface area contributed by atoms with Gasteiger partial charge in [-0.25, -0.2) is 14.4 Å². The maximum Gasteiger partial charge on any atom is 0.233 e. The third kappa shape index (κ3) is 5.21. The fraction of sp³-hybridized carbons (Fsp3) is 0.261. The normalized spacial score (nSPS) is 15.0. The molecule has 0 aliphatic carbocycles. The molecule has 0 unspecified atom stereocenters. The van der Waals surface area contributed by atoms with E-state index in [2.05, 4.69) is 44.4 Å². The number of benzene rings is 1. The van der Waals surface area contributed by atoms with Crippen LogP contribution in [0.5, 0.6) is 0 Å². The summed E-state index contributed by atoms with van der Waals surface area (Å²) in [7, 11) is 0. The van der Waals surface area contributed by atoms with Crippen LogP contribution in [-0.4, -0.2) is 45.2 Å². The molecule has 1 aromatic carbocycles. The van der Waals surface area contributed by atoms with Gasteiger partial charge in [0.15, 0.2) is 5.82 Å². The number of carbonyl (C=O) groups is 1. The van der Waals surface area contributed by atoms with Crippen LogP contribution in [0.4, 0.5) is 10.3 Å². The molecule has 1 aliphatic rings. The van der Waals surface area contributed by atoms with Crippen LogP contribution in [0.25, 0.3) is 16.8 Å². The molecular formula is C23H24BrFN4O. The zero-order chi connectivity index (χ0) is 21.5. The number of likely N-dealkylation sites (tertiary alicyclic amines) is 1. The molecular weight excluding hydrogens is 447 g/mol. The SMILES string of the molecule is C=C/C=C(\C=C)c1cccc(-c2nc(NC3CCN(C(=O)CBr)CC3)ncc2F)c1. The average Bonchev–Trinajstić information content (AvgIpc) is 2.78. The summed E-state index contributed by atoms with van der Waals surface area (Å²) in [5, 5.41) is 3.62. The smallest absolute Gasteiger partial charge is 0.233 e. The van der Waals surface area contributed by atoms with Crippen molar-refractivity contribution in [3.05, 3.63) is 73.2 Å². The van der Waals surface area contributed by atoms with Crippen LogP contribution >= 0.6 is 15.9 Å². The van der Waals surface area contributed by atoms with Gasteiger partial charge in [0.25, 0.3) is 0 Å². The molecule has 7 heteroatoms. The van der Waals surface area contributed by atoms with Crippen LogP contribution in [0.1, 0.15) is 18.4 Å². The quantitative estimate of drug-likeness (QED) is 0.464. The molecule has 1 N–H and O–H groups in total. The summed E-state index contributed by atoms with van der Waals surface area (Å²) < 4.78 is 14.5. The number of alkyl halides is 1. The van der Waals surface area contributed by atoms with Crippen molar-refractivity contribution in [3.8, 4) is 11.3 Å². The molecule has 2 heterocycles. The summed E-state index contributed by atoms with van der Waals surface area (Å²) >= 11 is 3.21. The topological polar surface area (TPSA) is 58.1 Å². The lowest BCUT2D eigenvalue weighted by Crippen LogP contribution is -2.43. The number of rotatable bonds is 7. The summed E-state index contributed by atoms with van der Waals surface area (Å²) in [6.07, 6.45) is 8.04. The minimum absolute atomic E-state index is 0.0954. The van der Waals surface area contributed by atoms with E-state index < -0.39 is 5.82 Å². The van der Waals surface area contributed by atoms with Crippen molar-refractivity contribution in [2.24, 2.45) is 0 Å². The Hall–Kier alpha value is -2.80. The molecule has 3 rings (SSSR count). The Morgan fingerprint density at radius 1 is 1.33 bits per heavy atom. The molecule has 0 atom stereocenters. The number of hydrogen-bond acceptors (Lipinski definition) is 4. The highest BCUT2D eigenvalue weighted by molar-refractivity contribution is 9.09. The monoisotopic (exact) mass is 470 g/mol. The average molecular weight is 471 g/mol. The number of nitrogens with one attached hydrogen (secondary N) is 1. The van der Waals surface area contributed by atoms with Crippen molar-refractivity contribution in [1.29, 1.82) is 0 Å². The van der Waals surface area contributed by atoms with Crippen LogP contribution in [-0.2, 0) is 4.79 Å². The van der Waals surface area contributed by atoms with E-state index in [1.54, 1.807) is 12.2 Å². The molecule has 2 aromatic rings. The molecule has 1 amide bonds. The Kier molecular flexibility index (Phi) is 7.52. The number of halogens is 2. The summed E-state index contributed by atoms with van der Waals surface area (Å²) in [6, 6.07) is 7.61. The molecule has 0 bridgehead atoms. The Labute approximate surface area is 184 Å². The van der Waals surface area contributed by atoms with Gasteiger partial charge in [0.05, 0.1) is 11.5 Å². The van der Waals surface area contributed by atoms with Crippen molar-refractivity contribution in [2.45, 2.75) is 18.9 Å². The Bertz CT molecular complexity index is 967.